The van der Waals surface area contributed by atoms with Crippen LogP contribution in [0.1, 0.15) is 46.1 Å². The topological polar surface area (TPSA) is 3.24 Å². The monoisotopic (exact) mass is 230 g/mol. The van der Waals surface area contributed by atoms with E-state index in [2.05, 4.69) is 56.9 Å². The molecule has 0 bridgehead atoms. The fourth-order valence-electron chi connectivity index (χ4n) is 3.12. The molecule has 0 saturated heterocycles. The highest BCUT2D eigenvalue weighted by molar-refractivity contribution is 5.57. The van der Waals surface area contributed by atoms with Crippen molar-refractivity contribution in [2.24, 2.45) is 0 Å². The molecule has 0 radical (unpaired) electrons. The van der Waals surface area contributed by atoms with Gasteiger partial charge in [0, 0.05) is 12.2 Å². The Morgan fingerprint density at radius 2 is 1.94 bits per heavy atom. The third kappa shape index (κ3) is 2.59. The summed E-state index contributed by atoms with van der Waals surface area (Å²) in [5.74, 6) is 1.51. The Bertz CT molecular complexity index is 379. The number of hydrogen-bond donors (Lipinski definition) is 0. The molecule has 0 saturated carbocycles. The average Bonchev–Trinajstić information content (AvgIpc) is 2.26. The quantitative estimate of drug-likeness (QED) is 0.703. The second kappa shape index (κ2) is 4.64. The van der Waals surface area contributed by atoms with Gasteiger partial charge in [-0.15, -0.1) is 0 Å². The highest BCUT2D eigenvalue weighted by Crippen LogP contribution is 2.35. The fraction of sp³-hybridized carbons (Fsp3) is 0.562. The van der Waals surface area contributed by atoms with Crippen molar-refractivity contribution < 1.29 is 0 Å². The summed E-state index contributed by atoms with van der Waals surface area (Å²) in [6.07, 6.45) is 3.68. The molecular weight excluding hydrogens is 206 g/mol. The summed E-state index contributed by atoms with van der Waals surface area (Å²) in [6.45, 7) is 10.4. The lowest BCUT2D eigenvalue weighted by molar-refractivity contribution is 0.423. The highest BCUT2D eigenvalue weighted by atomic mass is 15.2. The van der Waals surface area contributed by atoms with Crippen molar-refractivity contribution in [2.75, 3.05) is 11.4 Å². The molecule has 1 aromatic carbocycles. The zero-order chi connectivity index (χ0) is 12.5. The van der Waals surface area contributed by atoms with Crippen molar-refractivity contribution in [1.82, 2.24) is 0 Å². The minimum Gasteiger partial charge on any atom is -0.362 e. The molecule has 17 heavy (non-hydrogen) atoms. The maximum Gasteiger partial charge on any atom is 0.112 e. The van der Waals surface area contributed by atoms with E-state index >= 15 is 0 Å². The number of para-hydroxylation sites is 1. The molecule has 0 fully saturated rings. The number of hydrogen-bond acceptors (Lipinski definition) is 1. The van der Waals surface area contributed by atoms with Gasteiger partial charge >= 0.3 is 0 Å². The number of aryl methyl sites for hydroxylation is 1. The van der Waals surface area contributed by atoms with Gasteiger partial charge in [-0.1, -0.05) is 18.2 Å². The molecular formula is C16H24N+. The molecule has 0 atom stereocenters. The van der Waals surface area contributed by atoms with Crippen LogP contribution in [0.5, 0.6) is 0 Å². The van der Waals surface area contributed by atoms with Crippen LogP contribution in [0, 0.1) is 5.92 Å². The zero-order valence-corrected chi connectivity index (χ0v) is 11.6. The molecule has 2 rings (SSSR count). The number of fused-ring (bicyclic) bond motifs is 1. The summed E-state index contributed by atoms with van der Waals surface area (Å²) >= 11 is 0. The van der Waals surface area contributed by atoms with Gasteiger partial charge in [-0.25, -0.2) is 0 Å². The fourth-order valence-corrected chi connectivity index (χ4v) is 3.12. The summed E-state index contributed by atoms with van der Waals surface area (Å²) in [7, 11) is 0. The molecule has 1 heterocycles. The van der Waals surface area contributed by atoms with Crippen LogP contribution in [0.2, 0.25) is 0 Å². The third-order valence-electron chi connectivity index (χ3n) is 3.63. The lowest BCUT2D eigenvalue weighted by Gasteiger charge is -2.42. The molecule has 0 aromatic heterocycles. The maximum atomic E-state index is 2.60. The molecule has 1 aromatic rings. The summed E-state index contributed by atoms with van der Waals surface area (Å²) in [5, 5.41) is 0. The Hall–Kier alpha value is -1.11. The summed E-state index contributed by atoms with van der Waals surface area (Å²) in [6, 6.07) is 8.88. The summed E-state index contributed by atoms with van der Waals surface area (Å²) in [5.41, 5.74) is 3.20. The van der Waals surface area contributed by atoms with Crippen LogP contribution in [-0.2, 0) is 6.42 Å². The zero-order valence-electron chi connectivity index (χ0n) is 11.6. The van der Waals surface area contributed by atoms with Crippen LogP contribution >= 0.6 is 0 Å². The van der Waals surface area contributed by atoms with Crippen molar-refractivity contribution in [3.8, 4) is 0 Å². The molecule has 1 aliphatic rings. The van der Waals surface area contributed by atoms with Gasteiger partial charge in [0.2, 0.25) is 0 Å². The van der Waals surface area contributed by atoms with Gasteiger partial charge in [-0.05, 0) is 38.3 Å². The third-order valence-corrected chi connectivity index (χ3v) is 3.63. The van der Waals surface area contributed by atoms with Crippen molar-refractivity contribution >= 4 is 5.69 Å². The van der Waals surface area contributed by atoms with E-state index in [1.165, 1.54) is 43.0 Å². The second-order valence-corrected chi connectivity index (χ2v) is 6.08. The largest absolute Gasteiger partial charge is 0.362 e. The van der Waals surface area contributed by atoms with E-state index in [4.69, 9.17) is 0 Å². The Morgan fingerprint density at radius 1 is 1.24 bits per heavy atom. The van der Waals surface area contributed by atoms with Crippen molar-refractivity contribution in [3.05, 3.63) is 35.7 Å². The van der Waals surface area contributed by atoms with Gasteiger partial charge in [-0.3, -0.25) is 0 Å². The van der Waals surface area contributed by atoms with Crippen LogP contribution in [0.15, 0.2) is 24.3 Å². The SMILES string of the molecule is C[C+](C)CC(C)(C)N1CCCc2ccccc21. The van der Waals surface area contributed by atoms with Crippen LogP contribution in [0.4, 0.5) is 5.69 Å². The minimum atomic E-state index is 0.232. The van der Waals surface area contributed by atoms with Crippen LogP contribution in [0.25, 0.3) is 0 Å². The highest BCUT2D eigenvalue weighted by Gasteiger charge is 2.34. The average molecular weight is 230 g/mol. The van der Waals surface area contributed by atoms with Crippen molar-refractivity contribution in [2.45, 2.75) is 52.5 Å². The lowest BCUT2D eigenvalue weighted by Crippen LogP contribution is -2.47. The van der Waals surface area contributed by atoms with Crippen LogP contribution < -0.4 is 4.90 Å². The summed E-state index contributed by atoms with van der Waals surface area (Å²) < 4.78 is 0. The first-order chi connectivity index (χ1) is 8.00. The van der Waals surface area contributed by atoms with E-state index in [-0.39, 0.29) is 5.54 Å². The van der Waals surface area contributed by atoms with Crippen LogP contribution in [-0.4, -0.2) is 12.1 Å². The van der Waals surface area contributed by atoms with Gasteiger partial charge < -0.3 is 4.90 Å². The smallest absolute Gasteiger partial charge is 0.112 e. The van der Waals surface area contributed by atoms with E-state index in [1.807, 2.05) is 0 Å². The molecule has 0 aliphatic carbocycles. The Labute approximate surface area is 106 Å². The minimum absolute atomic E-state index is 0.232. The maximum absolute atomic E-state index is 2.60. The van der Waals surface area contributed by atoms with E-state index in [0.29, 0.717) is 0 Å². The molecule has 0 spiro atoms. The lowest BCUT2D eigenvalue weighted by atomic mass is 9.87. The predicted octanol–water partition coefficient (Wildman–Crippen LogP) is 4.22. The molecule has 0 N–H and O–H groups in total. The number of nitrogens with zero attached hydrogens (tertiary/aromatic N) is 1. The van der Waals surface area contributed by atoms with Crippen LogP contribution in [0.3, 0.4) is 0 Å². The molecule has 1 heteroatoms. The van der Waals surface area contributed by atoms with E-state index < -0.39 is 0 Å². The Morgan fingerprint density at radius 3 is 2.65 bits per heavy atom. The molecule has 0 unspecified atom stereocenters. The van der Waals surface area contributed by atoms with Gasteiger partial charge in [0.05, 0.1) is 25.3 Å². The number of anilines is 1. The standard InChI is InChI=1S/C16H24N/c1-13(2)12-16(3,4)17-11-7-9-14-8-5-6-10-15(14)17/h5-6,8,10H,7,9,11-12H2,1-4H3/q+1. The van der Waals surface area contributed by atoms with Gasteiger partial charge in [0.25, 0.3) is 0 Å². The number of benzene rings is 1. The van der Waals surface area contributed by atoms with Gasteiger partial charge in [0.1, 0.15) is 6.42 Å². The molecule has 1 aliphatic heterocycles. The van der Waals surface area contributed by atoms with Crippen molar-refractivity contribution in [3.63, 3.8) is 0 Å². The first-order valence-electron chi connectivity index (χ1n) is 6.65. The van der Waals surface area contributed by atoms with E-state index in [0.717, 1.165) is 0 Å². The number of rotatable bonds is 3. The Balaban J connectivity index is 2.29. The molecule has 92 valence electrons. The first-order valence-corrected chi connectivity index (χ1v) is 6.65. The normalized spacial score (nSPS) is 15.6. The predicted molar refractivity (Wildman–Crippen MR) is 75.4 cm³/mol. The van der Waals surface area contributed by atoms with Crippen molar-refractivity contribution in [1.29, 1.82) is 0 Å². The second-order valence-electron chi connectivity index (χ2n) is 6.08. The first kappa shape index (κ1) is 12.3. The molecule has 1 nitrogen and oxygen atoms in total. The van der Waals surface area contributed by atoms with E-state index in [1.54, 1.807) is 0 Å². The van der Waals surface area contributed by atoms with E-state index in [9.17, 15) is 0 Å². The van der Waals surface area contributed by atoms with Gasteiger partial charge in [0.15, 0.2) is 0 Å². The Kier molecular flexibility index (Phi) is 3.37. The molecule has 0 amide bonds. The van der Waals surface area contributed by atoms with Gasteiger partial charge in [-0.2, -0.15) is 0 Å². The summed E-state index contributed by atoms with van der Waals surface area (Å²) in [4.78, 5) is 2.60.